The Balaban J connectivity index is 2.12. The molecule has 1 fully saturated rings. The quantitative estimate of drug-likeness (QED) is 0.647. The van der Waals surface area contributed by atoms with Gasteiger partial charge in [0.1, 0.15) is 0 Å². The van der Waals surface area contributed by atoms with Crippen LogP contribution in [0.1, 0.15) is 45.4 Å². The van der Waals surface area contributed by atoms with Crippen molar-refractivity contribution in [1.82, 2.24) is 5.32 Å². The van der Waals surface area contributed by atoms with E-state index < -0.39 is 5.97 Å². The predicted octanol–water partition coefficient (Wildman–Crippen LogP) is 1.56. The molecule has 1 aliphatic rings. The minimum absolute atomic E-state index is 0.000437. The largest absolute Gasteiger partial charge is 0.481 e. The molecule has 1 rings (SSSR count). The molecule has 5 heteroatoms. The number of carboxylic acids is 1. The first-order valence-corrected chi connectivity index (χ1v) is 6.54. The Kier molecular flexibility index (Phi) is 5.59. The molecule has 0 aromatic rings. The van der Waals surface area contributed by atoms with Crippen LogP contribution in [0.25, 0.3) is 0 Å². The van der Waals surface area contributed by atoms with Gasteiger partial charge in [0.15, 0.2) is 0 Å². The minimum Gasteiger partial charge on any atom is -0.481 e. The average molecular weight is 257 g/mol. The molecule has 104 valence electrons. The van der Waals surface area contributed by atoms with E-state index in [1.165, 1.54) is 0 Å². The summed E-state index contributed by atoms with van der Waals surface area (Å²) < 4.78 is 5.38. The standard InChI is InChI=1S/C13H23NO4/c1-10(12(16)17)5-3-8-14-11(15)9-13(18-2)6-4-7-13/h10H,3-9H2,1-2H3,(H,14,15)(H,16,17). The van der Waals surface area contributed by atoms with Crippen LogP contribution in [-0.4, -0.2) is 36.2 Å². The van der Waals surface area contributed by atoms with Crippen molar-refractivity contribution in [1.29, 1.82) is 0 Å². The van der Waals surface area contributed by atoms with Crippen LogP contribution >= 0.6 is 0 Å². The van der Waals surface area contributed by atoms with E-state index in [0.717, 1.165) is 19.3 Å². The fraction of sp³-hybridized carbons (Fsp3) is 0.846. The maximum absolute atomic E-state index is 11.7. The monoisotopic (exact) mass is 257 g/mol. The molecule has 0 aliphatic heterocycles. The number of carboxylic acid groups (broad SMARTS) is 1. The van der Waals surface area contributed by atoms with Crippen molar-refractivity contribution in [2.24, 2.45) is 5.92 Å². The third-order valence-corrected chi connectivity index (χ3v) is 3.74. The van der Waals surface area contributed by atoms with Crippen LogP contribution in [0.4, 0.5) is 0 Å². The fourth-order valence-corrected chi connectivity index (χ4v) is 2.14. The number of nitrogens with one attached hydrogen (secondary N) is 1. The molecule has 1 amide bonds. The Morgan fingerprint density at radius 3 is 2.56 bits per heavy atom. The van der Waals surface area contributed by atoms with Gasteiger partial charge in [-0.2, -0.15) is 0 Å². The van der Waals surface area contributed by atoms with E-state index in [0.29, 0.717) is 25.8 Å². The zero-order chi connectivity index (χ0) is 13.6. The molecule has 1 unspecified atom stereocenters. The second-order valence-corrected chi connectivity index (χ2v) is 5.15. The first-order chi connectivity index (χ1) is 8.49. The molecule has 0 saturated heterocycles. The molecule has 0 aromatic heterocycles. The Hall–Kier alpha value is -1.10. The summed E-state index contributed by atoms with van der Waals surface area (Å²) in [5.41, 5.74) is -0.238. The molecule has 1 saturated carbocycles. The van der Waals surface area contributed by atoms with Crippen molar-refractivity contribution in [3.8, 4) is 0 Å². The van der Waals surface area contributed by atoms with Gasteiger partial charge in [0.25, 0.3) is 0 Å². The number of carbonyl (C=O) groups is 2. The van der Waals surface area contributed by atoms with Crippen molar-refractivity contribution in [3.63, 3.8) is 0 Å². The first kappa shape index (κ1) is 15.0. The molecule has 0 radical (unpaired) electrons. The third-order valence-electron chi connectivity index (χ3n) is 3.74. The molecule has 0 heterocycles. The zero-order valence-electron chi connectivity index (χ0n) is 11.2. The van der Waals surface area contributed by atoms with Crippen molar-refractivity contribution in [2.75, 3.05) is 13.7 Å². The number of amides is 1. The van der Waals surface area contributed by atoms with Gasteiger partial charge in [0.05, 0.1) is 17.9 Å². The lowest BCUT2D eigenvalue weighted by atomic mass is 9.77. The molecule has 0 aromatic carbocycles. The highest BCUT2D eigenvalue weighted by Gasteiger charge is 2.38. The smallest absolute Gasteiger partial charge is 0.306 e. The molecule has 1 aliphatic carbocycles. The van der Waals surface area contributed by atoms with E-state index in [-0.39, 0.29) is 17.4 Å². The zero-order valence-corrected chi connectivity index (χ0v) is 11.2. The molecule has 5 nitrogen and oxygen atoms in total. The second kappa shape index (κ2) is 6.73. The SMILES string of the molecule is COC1(CC(=O)NCCCC(C)C(=O)O)CCC1. The van der Waals surface area contributed by atoms with E-state index in [9.17, 15) is 9.59 Å². The fourth-order valence-electron chi connectivity index (χ4n) is 2.14. The Morgan fingerprint density at radius 1 is 1.44 bits per heavy atom. The van der Waals surface area contributed by atoms with Crippen LogP contribution in [-0.2, 0) is 14.3 Å². The topological polar surface area (TPSA) is 75.6 Å². The molecular formula is C13H23NO4. The molecule has 2 N–H and O–H groups in total. The number of carbonyl (C=O) groups excluding carboxylic acids is 1. The van der Waals surface area contributed by atoms with Crippen molar-refractivity contribution < 1.29 is 19.4 Å². The normalized spacial score (nSPS) is 18.8. The highest BCUT2D eigenvalue weighted by molar-refractivity contribution is 5.77. The number of hydrogen-bond donors (Lipinski definition) is 2. The molecule has 18 heavy (non-hydrogen) atoms. The summed E-state index contributed by atoms with van der Waals surface area (Å²) in [7, 11) is 1.65. The summed E-state index contributed by atoms with van der Waals surface area (Å²) in [5.74, 6) is -1.13. The van der Waals surface area contributed by atoms with Gasteiger partial charge in [0, 0.05) is 13.7 Å². The van der Waals surface area contributed by atoms with Crippen LogP contribution in [0, 0.1) is 5.92 Å². The first-order valence-electron chi connectivity index (χ1n) is 6.54. The summed E-state index contributed by atoms with van der Waals surface area (Å²) in [6.45, 7) is 2.22. The summed E-state index contributed by atoms with van der Waals surface area (Å²) in [5, 5.41) is 11.5. The molecule has 0 spiro atoms. The Labute approximate surface area is 108 Å². The van der Waals surface area contributed by atoms with E-state index in [1.807, 2.05) is 0 Å². The maximum atomic E-state index is 11.7. The Morgan fingerprint density at radius 2 is 2.11 bits per heavy atom. The Bertz CT molecular complexity index is 294. The average Bonchev–Trinajstić information content (AvgIpc) is 2.29. The van der Waals surface area contributed by atoms with Crippen molar-refractivity contribution >= 4 is 11.9 Å². The van der Waals surface area contributed by atoms with Gasteiger partial charge < -0.3 is 15.2 Å². The summed E-state index contributed by atoms with van der Waals surface area (Å²) in [6, 6.07) is 0. The van der Waals surface area contributed by atoms with Crippen molar-refractivity contribution in [2.45, 2.75) is 51.0 Å². The number of hydrogen-bond acceptors (Lipinski definition) is 3. The highest BCUT2D eigenvalue weighted by atomic mass is 16.5. The van der Waals surface area contributed by atoms with E-state index in [4.69, 9.17) is 9.84 Å². The van der Waals surface area contributed by atoms with Gasteiger partial charge in [-0.25, -0.2) is 0 Å². The van der Waals surface area contributed by atoms with E-state index >= 15 is 0 Å². The lowest BCUT2D eigenvalue weighted by Gasteiger charge is -2.39. The summed E-state index contributed by atoms with van der Waals surface area (Å²) in [6.07, 6.45) is 4.72. The van der Waals surface area contributed by atoms with Gasteiger partial charge in [-0.15, -0.1) is 0 Å². The van der Waals surface area contributed by atoms with Crippen LogP contribution < -0.4 is 5.32 Å². The third kappa shape index (κ3) is 4.29. The van der Waals surface area contributed by atoms with Crippen LogP contribution in [0.3, 0.4) is 0 Å². The maximum Gasteiger partial charge on any atom is 0.306 e. The number of aliphatic carboxylic acids is 1. The van der Waals surface area contributed by atoms with Crippen LogP contribution in [0.2, 0.25) is 0 Å². The summed E-state index contributed by atoms with van der Waals surface area (Å²) in [4.78, 5) is 22.3. The van der Waals surface area contributed by atoms with Crippen LogP contribution in [0.15, 0.2) is 0 Å². The molecule has 0 bridgehead atoms. The predicted molar refractivity (Wildman–Crippen MR) is 67.3 cm³/mol. The van der Waals surface area contributed by atoms with E-state index in [1.54, 1.807) is 14.0 Å². The minimum atomic E-state index is -0.783. The lowest BCUT2D eigenvalue weighted by Crippen LogP contribution is -2.44. The van der Waals surface area contributed by atoms with Gasteiger partial charge in [-0.3, -0.25) is 9.59 Å². The second-order valence-electron chi connectivity index (χ2n) is 5.15. The van der Waals surface area contributed by atoms with Gasteiger partial charge >= 0.3 is 5.97 Å². The number of rotatable bonds is 8. The number of methoxy groups -OCH3 is 1. The molecule has 1 atom stereocenters. The number of ether oxygens (including phenoxy) is 1. The van der Waals surface area contributed by atoms with Gasteiger partial charge in [0.2, 0.25) is 5.91 Å². The van der Waals surface area contributed by atoms with Gasteiger partial charge in [-0.05, 0) is 32.1 Å². The van der Waals surface area contributed by atoms with Gasteiger partial charge in [-0.1, -0.05) is 6.92 Å². The molecular weight excluding hydrogens is 234 g/mol. The highest BCUT2D eigenvalue weighted by Crippen LogP contribution is 2.37. The van der Waals surface area contributed by atoms with Crippen LogP contribution in [0.5, 0.6) is 0 Å². The lowest BCUT2D eigenvalue weighted by molar-refractivity contribution is -0.141. The summed E-state index contributed by atoms with van der Waals surface area (Å²) >= 11 is 0. The van der Waals surface area contributed by atoms with Crippen molar-refractivity contribution in [3.05, 3.63) is 0 Å². The van der Waals surface area contributed by atoms with E-state index in [2.05, 4.69) is 5.32 Å².